The third-order valence-corrected chi connectivity index (χ3v) is 4.46. The van der Waals surface area contributed by atoms with E-state index in [0.29, 0.717) is 34.1 Å². The Hall–Kier alpha value is -2.86. The van der Waals surface area contributed by atoms with Crippen LogP contribution in [-0.4, -0.2) is 29.3 Å². The summed E-state index contributed by atoms with van der Waals surface area (Å²) >= 11 is 5.96. The second-order valence-corrected chi connectivity index (χ2v) is 7.35. The third kappa shape index (κ3) is 3.95. The van der Waals surface area contributed by atoms with Crippen molar-refractivity contribution in [1.82, 2.24) is 4.90 Å². The predicted octanol–water partition coefficient (Wildman–Crippen LogP) is 4.54. The Morgan fingerprint density at radius 2 is 1.74 bits per heavy atom. The highest BCUT2D eigenvalue weighted by atomic mass is 35.5. The van der Waals surface area contributed by atoms with Crippen LogP contribution < -0.4 is 10.6 Å². The van der Waals surface area contributed by atoms with Gasteiger partial charge in [0.1, 0.15) is 0 Å². The number of halogens is 1. The van der Waals surface area contributed by atoms with Gasteiger partial charge in [0, 0.05) is 22.9 Å². The topological polar surface area (TPSA) is 78.5 Å². The molecule has 140 valence electrons. The molecule has 0 aliphatic carbocycles. The highest BCUT2D eigenvalue weighted by Gasteiger charge is 2.35. The molecule has 6 nitrogen and oxygen atoms in total. The Bertz CT molecular complexity index is 940. The van der Waals surface area contributed by atoms with Gasteiger partial charge in [0.15, 0.2) is 0 Å². The summed E-state index contributed by atoms with van der Waals surface area (Å²) in [5, 5.41) is 5.92. The molecule has 0 spiro atoms. The maximum absolute atomic E-state index is 12.5. The smallest absolute Gasteiger partial charge is 0.308 e. The maximum atomic E-state index is 12.5. The van der Waals surface area contributed by atoms with Crippen LogP contribution in [0.5, 0.6) is 0 Å². The summed E-state index contributed by atoms with van der Waals surface area (Å²) in [6.07, 6.45) is 0. The zero-order valence-electron chi connectivity index (χ0n) is 15.3. The summed E-state index contributed by atoms with van der Waals surface area (Å²) in [5.74, 6) is -0.454. The van der Waals surface area contributed by atoms with Gasteiger partial charge in [-0.25, -0.2) is 4.79 Å². The minimum atomic E-state index is -0.462. The Morgan fingerprint density at radius 3 is 2.44 bits per heavy atom. The van der Waals surface area contributed by atoms with Crippen molar-refractivity contribution in [2.45, 2.75) is 20.8 Å². The van der Waals surface area contributed by atoms with E-state index in [-0.39, 0.29) is 17.7 Å². The van der Waals surface area contributed by atoms with Gasteiger partial charge >= 0.3 is 6.03 Å². The van der Waals surface area contributed by atoms with Gasteiger partial charge in [0.05, 0.1) is 11.1 Å². The van der Waals surface area contributed by atoms with E-state index in [1.807, 2.05) is 20.8 Å². The highest BCUT2D eigenvalue weighted by Crippen LogP contribution is 2.27. The van der Waals surface area contributed by atoms with Crippen LogP contribution in [0.3, 0.4) is 0 Å². The molecule has 0 saturated carbocycles. The average molecular weight is 386 g/mol. The lowest BCUT2D eigenvalue weighted by Crippen LogP contribution is -2.33. The first-order valence-corrected chi connectivity index (χ1v) is 8.98. The Kier molecular flexibility index (Phi) is 5.19. The van der Waals surface area contributed by atoms with Crippen molar-refractivity contribution in [3.05, 3.63) is 58.1 Å². The molecule has 0 saturated heterocycles. The molecule has 2 aromatic rings. The number of nitrogens with one attached hydrogen (secondary N) is 2. The van der Waals surface area contributed by atoms with E-state index in [2.05, 4.69) is 10.6 Å². The Labute approximate surface area is 162 Å². The van der Waals surface area contributed by atoms with Gasteiger partial charge in [-0.15, -0.1) is 0 Å². The van der Waals surface area contributed by atoms with Crippen molar-refractivity contribution in [3.63, 3.8) is 0 Å². The fraction of sp³-hybridized carbons (Fsp3) is 0.250. The van der Waals surface area contributed by atoms with Gasteiger partial charge in [-0.1, -0.05) is 31.5 Å². The van der Waals surface area contributed by atoms with Crippen LogP contribution in [-0.2, 0) is 0 Å². The van der Waals surface area contributed by atoms with Crippen molar-refractivity contribution in [2.24, 2.45) is 5.92 Å². The van der Waals surface area contributed by atoms with E-state index in [9.17, 15) is 14.4 Å². The number of aryl methyl sites for hydroxylation is 1. The third-order valence-electron chi connectivity index (χ3n) is 4.22. The lowest BCUT2D eigenvalue weighted by atomic mass is 10.1. The molecule has 0 bridgehead atoms. The molecular formula is C20H20ClN3O3. The van der Waals surface area contributed by atoms with E-state index in [0.717, 1.165) is 5.56 Å². The minimum absolute atomic E-state index is 0.177. The van der Waals surface area contributed by atoms with Crippen molar-refractivity contribution in [3.8, 4) is 0 Å². The number of hydrogen-bond donors (Lipinski definition) is 2. The van der Waals surface area contributed by atoms with Crippen LogP contribution in [0, 0.1) is 12.8 Å². The van der Waals surface area contributed by atoms with Crippen LogP contribution in [0.15, 0.2) is 36.4 Å². The first-order chi connectivity index (χ1) is 12.8. The lowest BCUT2D eigenvalue weighted by Gasteiger charge is -2.15. The monoisotopic (exact) mass is 385 g/mol. The van der Waals surface area contributed by atoms with E-state index < -0.39 is 6.03 Å². The van der Waals surface area contributed by atoms with Gasteiger partial charge in [-0.2, -0.15) is 0 Å². The van der Waals surface area contributed by atoms with E-state index in [4.69, 9.17) is 11.6 Å². The molecule has 7 heteroatoms. The van der Waals surface area contributed by atoms with Gasteiger partial charge in [0.25, 0.3) is 11.8 Å². The van der Waals surface area contributed by atoms with Gasteiger partial charge < -0.3 is 10.6 Å². The number of amides is 4. The molecule has 0 aromatic heterocycles. The quantitative estimate of drug-likeness (QED) is 0.758. The molecule has 1 aliphatic heterocycles. The molecular weight excluding hydrogens is 366 g/mol. The van der Waals surface area contributed by atoms with E-state index >= 15 is 0 Å². The second-order valence-electron chi connectivity index (χ2n) is 6.91. The Morgan fingerprint density at radius 1 is 1.04 bits per heavy atom. The van der Waals surface area contributed by atoms with Crippen LogP contribution >= 0.6 is 11.6 Å². The molecule has 1 aliphatic rings. The molecule has 1 heterocycles. The fourth-order valence-electron chi connectivity index (χ4n) is 2.91. The molecule has 2 aromatic carbocycles. The number of nitrogens with zero attached hydrogens (tertiary/aromatic N) is 1. The number of benzene rings is 2. The van der Waals surface area contributed by atoms with Crippen molar-refractivity contribution < 1.29 is 14.4 Å². The number of fused-ring (bicyclic) bond motifs is 1. The summed E-state index contributed by atoms with van der Waals surface area (Å²) in [6.45, 7) is 6.11. The predicted molar refractivity (Wildman–Crippen MR) is 105 cm³/mol. The normalized spacial score (nSPS) is 13.1. The van der Waals surface area contributed by atoms with Crippen LogP contribution in [0.4, 0.5) is 16.2 Å². The molecule has 27 heavy (non-hydrogen) atoms. The molecule has 3 rings (SSSR count). The highest BCUT2D eigenvalue weighted by molar-refractivity contribution is 6.31. The summed E-state index contributed by atoms with van der Waals surface area (Å²) in [6, 6.07) is 9.44. The largest absolute Gasteiger partial charge is 0.323 e. The standard InChI is InChI=1S/C20H20ClN3O3/c1-11(2)10-24-18(25)15-7-6-14(9-16(15)19(24)26)22-20(27)23-17-8-13(21)5-4-12(17)3/h4-9,11H,10H2,1-3H3,(H2,22,23,27). The van der Waals surface area contributed by atoms with Crippen molar-refractivity contribution >= 4 is 40.8 Å². The molecule has 0 unspecified atom stereocenters. The average Bonchev–Trinajstić information content (AvgIpc) is 2.82. The first kappa shape index (κ1) is 18.9. The van der Waals surface area contributed by atoms with Crippen molar-refractivity contribution in [1.29, 1.82) is 0 Å². The minimum Gasteiger partial charge on any atom is -0.308 e. The summed E-state index contributed by atoms with van der Waals surface area (Å²) < 4.78 is 0. The van der Waals surface area contributed by atoms with Gasteiger partial charge in [0.2, 0.25) is 0 Å². The lowest BCUT2D eigenvalue weighted by molar-refractivity contribution is 0.0636. The molecule has 2 N–H and O–H groups in total. The van der Waals surface area contributed by atoms with Crippen LogP contribution in [0.1, 0.15) is 40.1 Å². The molecule has 0 radical (unpaired) electrons. The number of anilines is 2. The van der Waals surface area contributed by atoms with Crippen LogP contribution in [0.2, 0.25) is 5.02 Å². The summed E-state index contributed by atoms with van der Waals surface area (Å²) in [4.78, 5) is 38.4. The fourth-order valence-corrected chi connectivity index (χ4v) is 3.09. The summed E-state index contributed by atoms with van der Waals surface area (Å²) in [5.41, 5.74) is 2.55. The number of hydrogen-bond acceptors (Lipinski definition) is 3. The summed E-state index contributed by atoms with van der Waals surface area (Å²) in [7, 11) is 0. The van der Waals surface area contributed by atoms with E-state index in [1.165, 1.54) is 11.0 Å². The number of carbonyl (C=O) groups excluding carboxylic acids is 3. The van der Waals surface area contributed by atoms with E-state index in [1.54, 1.807) is 30.3 Å². The zero-order valence-corrected chi connectivity index (χ0v) is 16.1. The molecule has 0 atom stereocenters. The first-order valence-electron chi connectivity index (χ1n) is 8.60. The maximum Gasteiger partial charge on any atom is 0.323 e. The second kappa shape index (κ2) is 7.40. The number of rotatable bonds is 4. The van der Waals surface area contributed by atoms with Crippen molar-refractivity contribution in [2.75, 3.05) is 17.2 Å². The number of imide groups is 1. The van der Waals surface area contributed by atoms with Gasteiger partial charge in [-0.3, -0.25) is 14.5 Å². The van der Waals surface area contributed by atoms with Crippen LogP contribution in [0.25, 0.3) is 0 Å². The number of urea groups is 1. The zero-order chi connectivity index (χ0) is 19.7. The number of carbonyl (C=O) groups is 3. The van der Waals surface area contributed by atoms with Gasteiger partial charge in [-0.05, 0) is 48.7 Å². The Balaban J connectivity index is 1.76. The SMILES string of the molecule is Cc1ccc(Cl)cc1NC(=O)Nc1ccc2c(c1)C(=O)N(CC(C)C)C2=O. The molecule has 0 fully saturated rings. The molecule has 4 amide bonds.